The third-order valence-corrected chi connectivity index (χ3v) is 3.05. The monoisotopic (exact) mass is 239 g/mol. The second kappa shape index (κ2) is 6.74. The van der Waals surface area contributed by atoms with Crippen LogP contribution in [0.4, 0.5) is 0 Å². The maximum atomic E-state index is 10.6. The predicted molar refractivity (Wildman–Crippen MR) is 68.8 cm³/mol. The third kappa shape index (κ3) is 4.11. The molecule has 0 bridgehead atoms. The molecule has 98 valence electrons. The fraction of sp³-hybridized carbons (Fsp3) is 0.846. The molecule has 0 amide bonds. The van der Waals surface area contributed by atoms with Crippen LogP contribution in [-0.2, 0) is 13.0 Å². The highest BCUT2D eigenvalue weighted by molar-refractivity contribution is 4.94. The van der Waals surface area contributed by atoms with Crippen LogP contribution in [-0.4, -0.2) is 25.5 Å². The molecule has 0 unspecified atom stereocenters. The van der Waals surface area contributed by atoms with Gasteiger partial charge in [-0.15, -0.1) is 0 Å². The highest BCUT2D eigenvalue weighted by Gasteiger charge is 2.27. The molecular formula is C13H25N3O. The molecule has 0 spiro atoms. The van der Waals surface area contributed by atoms with Crippen molar-refractivity contribution in [2.24, 2.45) is 0 Å². The molecule has 0 radical (unpaired) electrons. The normalized spacial score (nSPS) is 12.0. The van der Waals surface area contributed by atoms with E-state index in [0.717, 1.165) is 44.5 Å². The SMILES string of the molecule is CCCn1ncnc1CC(O)(CCC)CCC. The highest BCUT2D eigenvalue weighted by Crippen LogP contribution is 2.23. The molecule has 4 heteroatoms. The van der Waals surface area contributed by atoms with Crippen LogP contribution < -0.4 is 0 Å². The van der Waals surface area contributed by atoms with E-state index in [1.807, 2.05) is 4.68 Å². The maximum absolute atomic E-state index is 10.6. The number of aromatic nitrogens is 3. The molecule has 17 heavy (non-hydrogen) atoms. The van der Waals surface area contributed by atoms with Crippen LogP contribution in [0.25, 0.3) is 0 Å². The summed E-state index contributed by atoms with van der Waals surface area (Å²) in [6.45, 7) is 7.22. The van der Waals surface area contributed by atoms with Crippen LogP contribution in [0.5, 0.6) is 0 Å². The summed E-state index contributed by atoms with van der Waals surface area (Å²) >= 11 is 0. The first-order chi connectivity index (χ1) is 8.15. The van der Waals surface area contributed by atoms with Crippen molar-refractivity contribution >= 4 is 0 Å². The average Bonchev–Trinajstić information content (AvgIpc) is 2.66. The van der Waals surface area contributed by atoms with Gasteiger partial charge >= 0.3 is 0 Å². The predicted octanol–water partition coefficient (Wildman–Crippen LogP) is 2.56. The molecule has 0 aliphatic heterocycles. The zero-order valence-electron chi connectivity index (χ0n) is 11.3. The lowest BCUT2D eigenvalue weighted by Gasteiger charge is -2.27. The number of hydrogen-bond donors (Lipinski definition) is 1. The first-order valence-corrected chi connectivity index (χ1v) is 6.74. The Morgan fingerprint density at radius 3 is 2.35 bits per heavy atom. The zero-order valence-corrected chi connectivity index (χ0v) is 11.3. The molecule has 1 aromatic heterocycles. The number of aryl methyl sites for hydroxylation is 1. The maximum Gasteiger partial charge on any atom is 0.138 e. The Balaban J connectivity index is 2.74. The van der Waals surface area contributed by atoms with Crippen molar-refractivity contribution in [1.82, 2.24) is 14.8 Å². The molecule has 0 aromatic carbocycles. The largest absolute Gasteiger partial charge is 0.389 e. The molecule has 0 aliphatic carbocycles. The summed E-state index contributed by atoms with van der Waals surface area (Å²) in [6, 6.07) is 0. The first kappa shape index (κ1) is 14.2. The van der Waals surface area contributed by atoms with Crippen LogP contribution in [0.3, 0.4) is 0 Å². The summed E-state index contributed by atoms with van der Waals surface area (Å²) in [5.74, 6) is 0.913. The Bertz CT molecular complexity index is 316. The van der Waals surface area contributed by atoms with Gasteiger partial charge in [0.1, 0.15) is 12.2 Å². The van der Waals surface area contributed by atoms with E-state index in [4.69, 9.17) is 0 Å². The van der Waals surface area contributed by atoms with Gasteiger partial charge in [0.2, 0.25) is 0 Å². The quantitative estimate of drug-likeness (QED) is 0.758. The van der Waals surface area contributed by atoms with E-state index in [0.29, 0.717) is 6.42 Å². The molecule has 1 heterocycles. The van der Waals surface area contributed by atoms with Crippen molar-refractivity contribution < 1.29 is 5.11 Å². The standard InChI is InChI=1S/C13H25N3O/c1-4-7-13(17,8-5-2)10-12-14-11-15-16(12)9-6-3/h11,17H,4-10H2,1-3H3. The topological polar surface area (TPSA) is 50.9 Å². The van der Waals surface area contributed by atoms with Crippen LogP contribution in [0.15, 0.2) is 6.33 Å². The molecule has 0 saturated carbocycles. The van der Waals surface area contributed by atoms with Gasteiger partial charge in [0.05, 0.1) is 5.60 Å². The number of rotatable bonds is 8. The van der Waals surface area contributed by atoms with Crippen LogP contribution in [0, 0.1) is 0 Å². The Morgan fingerprint density at radius 2 is 1.82 bits per heavy atom. The summed E-state index contributed by atoms with van der Waals surface area (Å²) in [4.78, 5) is 4.28. The van der Waals surface area contributed by atoms with E-state index in [2.05, 4.69) is 30.9 Å². The van der Waals surface area contributed by atoms with Gasteiger partial charge in [0, 0.05) is 13.0 Å². The van der Waals surface area contributed by atoms with Crippen LogP contribution >= 0.6 is 0 Å². The summed E-state index contributed by atoms with van der Waals surface area (Å²) in [5, 5.41) is 14.8. The van der Waals surface area contributed by atoms with Gasteiger partial charge in [-0.1, -0.05) is 33.6 Å². The second-order valence-electron chi connectivity index (χ2n) is 4.80. The van der Waals surface area contributed by atoms with E-state index in [-0.39, 0.29) is 0 Å². The fourth-order valence-corrected chi connectivity index (χ4v) is 2.35. The lowest BCUT2D eigenvalue weighted by Crippen LogP contribution is -2.32. The van der Waals surface area contributed by atoms with Gasteiger partial charge in [-0.2, -0.15) is 5.10 Å². The van der Waals surface area contributed by atoms with Gasteiger partial charge in [-0.3, -0.25) is 4.68 Å². The first-order valence-electron chi connectivity index (χ1n) is 6.74. The molecule has 1 aromatic rings. The van der Waals surface area contributed by atoms with Crippen molar-refractivity contribution in [3.05, 3.63) is 12.2 Å². The summed E-state index contributed by atoms with van der Waals surface area (Å²) < 4.78 is 1.91. The van der Waals surface area contributed by atoms with E-state index in [1.54, 1.807) is 6.33 Å². The van der Waals surface area contributed by atoms with Gasteiger partial charge in [-0.25, -0.2) is 4.98 Å². The Labute approximate surface area is 104 Å². The lowest BCUT2D eigenvalue weighted by atomic mass is 9.89. The molecule has 1 rings (SSSR count). The minimum Gasteiger partial charge on any atom is -0.389 e. The molecule has 0 aliphatic rings. The summed E-state index contributed by atoms with van der Waals surface area (Å²) in [7, 11) is 0. The zero-order chi connectivity index (χ0) is 12.7. The van der Waals surface area contributed by atoms with Gasteiger partial charge in [0.25, 0.3) is 0 Å². The molecule has 0 fully saturated rings. The van der Waals surface area contributed by atoms with Crippen molar-refractivity contribution in [2.75, 3.05) is 0 Å². The summed E-state index contributed by atoms with van der Waals surface area (Å²) in [5.41, 5.74) is -0.609. The Hall–Kier alpha value is -0.900. The van der Waals surface area contributed by atoms with E-state index >= 15 is 0 Å². The average molecular weight is 239 g/mol. The van der Waals surface area contributed by atoms with Crippen LogP contribution in [0.1, 0.15) is 58.7 Å². The smallest absolute Gasteiger partial charge is 0.138 e. The van der Waals surface area contributed by atoms with E-state index < -0.39 is 5.60 Å². The van der Waals surface area contributed by atoms with Gasteiger partial charge in [0.15, 0.2) is 0 Å². The molecule has 0 atom stereocenters. The Kier molecular flexibility index (Phi) is 5.62. The Morgan fingerprint density at radius 1 is 1.18 bits per heavy atom. The van der Waals surface area contributed by atoms with Crippen molar-refractivity contribution in [3.8, 4) is 0 Å². The summed E-state index contributed by atoms with van der Waals surface area (Å²) in [6.07, 6.45) is 6.91. The molecule has 0 saturated heterocycles. The number of aliphatic hydroxyl groups is 1. The molecular weight excluding hydrogens is 214 g/mol. The van der Waals surface area contributed by atoms with Crippen molar-refractivity contribution in [2.45, 2.75) is 71.4 Å². The third-order valence-electron chi connectivity index (χ3n) is 3.05. The van der Waals surface area contributed by atoms with Gasteiger partial charge in [-0.05, 0) is 19.3 Å². The second-order valence-corrected chi connectivity index (χ2v) is 4.80. The van der Waals surface area contributed by atoms with Gasteiger partial charge < -0.3 is 5.11 Å². The fourth-order valence-electron chi connectivity index (χ4n) is 2.35. The molecule has 4 nitrogen and oxygen atoms in total. The van der Waals surface area contributed by atoms with E-state index in [9.17, 15) is 5.11 Å². The number of nitrogens with zero attached hydrogens (tertiary/aromatic N) is 3. The molecule has 1 N–H and O–H groups in total. The van der Waals surface area contributed by atoms with Crippen molar-refractivity contribution in [1.29, 1.82) is 0 Å². The highest BCUT2D eigenvalue weighted by atomic mass is 16.3. The van der Waals surface area contributed by atoms with Crippen molar-refractivity contribution in [3.63, 3.8) is 0 Å². The minimum atomic E-state index is -0.609. The lowest BCUT2D eigenvalue weighted by molar-refractivity contribution is 0.0188. The number of hydrogen-bond acceptors (Lipinski definition) is 3. The van der Waals surface area contributed by atoms with Crippen LogP contribution in [0.2, 0.25) is 0 Å². The van der Waals surface area contributed by atoms with E-state index in [1.165, 1.54) is 0 Å². The minimum absolute atomic E-state index is 0.609.